The molecule has 0 aromatic carbocycles. The Morgan fingerprint density at radius 1 is 1.56 bits per heavy atom. The monoisotopic (exact) mass is 250 g/mol. The molecular formula is C15H26N2O. The molecule has 2 rings (SSSR count). The van der Waals surface area contributed by atoms with Gasteiger partial charge in [-0.05, 0) is 51.4 Å². The molecule has 3 nitrogen and oxygen atoms in total. The predicted molar refractivity (Wildman–Crippen MR) is 74.8 cm³/mol. The molecule has 1 aliphatic heterocycles. The minimum absolute atomic E-state index is 0.567. The van der Waals surface area contributed by atoms with Crippen LogP contribution in [0.25, 0.3) is 0 Å². The maximum Gasteiger partial charge on any atom is 0.103 e. The summed E-state index contributed by atoms with van der Waals surface area (Å²) in [5.41, 5.74) is 0. The third kappa shape index (κ3) is 4.14. The Balaban J connectivity index is 1.68. The number of hydrogen-bond donors (Lipinski definition) is 1. The number of nitrogens with zero attached hydrogens (tertiary/aromatic N) is 1. The van der Waals surface area contributed by atoms with Gasteiger partial charge in [0, 0.05) is 25.0 Å². The summed E-state index contributed by atoms with van der Waals surface area (Å²) >= 11 is 0. The minimum atomic E-state index is 0.567. The van der Waals surface area contributed by atoms with Crippen molar-refractivity contribution in [2.75, 3.05) is 19.6 Å². The molecule has 2 atom stereocenters. The molecule has 1 saturated heterocycles. The smallest absolute Gasteiger partial charge is 0.103 e. The highest BCUT2D eigenvalue weighted by Gasteiger charge is 2.19. The van der Waals surface area contributed by atoms with Gasteiger partial charge in [0.25, 0.3) is 0 Å². The van der Waals surface area contributed by atoms with Crippen molar-refractivity contribution in [2.45, 2.75) is 51.6 Å². The topological polar surface area (TPSA) is 28.4 Å². The lowest BCUT2D eigenvalue weighted by molar-refractivity contribution is 0.190. The maximum atomic E-state index is 5.37. The van der Waals surface area contributed by atoms with Crippen molar-refractivity contribution in [1.82, 2.24) is 10.2 Å². The van der Waals surface area contributed by atoms with Crippen LogP contribution in [0.1, 0.15) is 38.9 Å². The fraction of sp³-hybridized carbons (Fsp3) is 0.733. The molecule has 0 aliphatic carbocycles. The molecular weight excluding hydrogens is 224 g/mol. The Hall–Kier alpha value is -0.800. The van der Waals surface area contributed by atoms with Crippen molar-refractivity contribution in [3.05, 3.63) is 24.2 Å². The second-order valence-corrected chi connectivity index (χ2v) is 5.42. The van der Waals surface area contributed by atoms with Crippen LogP contribution in [0.4, 0.5) is 0 Å². The van der Waals surface area contributed by atoms with Gasteiger partial charge >= 0.3 is 0 Å². The number of furan rings is 1. The van der Waals surface area contributed by atoms with E-state index < -0.39 is 0 Å². The summed E-state index contributed by atoms with van der Waals surface area (Å²) in [6, 6.07) is 5.27. The maximum absolute atomic E-state index is 5.37. The molecule has 1 aromatic rings. The zero-order valence-electron chi connectivity index (χ0n) is 11.7. The van der Waals surface area contributed by atoms with Gasteiger partial charge in [-0.3, -0.25) is 0 Å². The van der Waals surface area contributed by atoms with E-state index >= 15 is 0 Å². The van der Waals surface area contributed by atoms with Crippen molar-refractivity contribution >= 4 is 0 Å². The average molecular weight is 250 g/mol. The van der Waals surface area contributed by atoms with Crippen LogP contribution in [0.2, 0.25) is 0 Å². The molecule has 0 bridgehead atoms. The van der Waals surface area contributed by atoms with E-state index in [4.69, 9.17) is 4.42 Å². The highest BCUT2D eigenvalue weighted by molar-refractivity contribution is 4.98. The van der Waals surface area contributed by atoms with Crippen LogP contribution < -0.4 is 5.32 Å². The summed E-state index contributed by atoms with van der Waals surface area (Å²) in [4.78, 5) is 2.54. The number of likely N-dealkylation sites (N-methyl/N-ethyl adjacent to an activating group) is 1. The molecule has 102 valence electrons. The Morgan fingerprint density at radius 2 is 2.44 bits per heavy atom. The van der Waals surface area contributed by atoms with E-state index in [0.717, 1.165) is 18.6 Å². The first-order valence-electron chi connectivity index (χ1n) is 7.28. The molecule has 0 saturated carbocycles. The fourth-order valence-corrected chi connectivity index (χ4v) is 2.78. The zero-order valence-corrected chi connectivity index (χ0v) is 11.7. The normalized spacial score (nSPS) is 23.1. The predicted octanol–water partition coefficient (Wildman–Crippen LogP) is 2.67. The lowest BCUT2D eigenvalue weighted by Gasteiger charge is -2.34. The Labute approximate surface area is 111 Å². The second kappa shape index (κ2) is 6.95. The number of piperidine rings is 1. The van der Waals surface area contributed by atoms with Crippen LogP contribution >= 0.6 is 0 Å². The summed E-state index contributed by atoms with van der Waals surface area (Å²) in [5.74, 6) is 1.10. The van der Waals surface area contributed by atoms with Crippen LogP contribution in [-0.2, 0) is 6.42 Å². The van der Waals surface area contributed by atoms with E-state index in [2.05, 4.69) is 30.1 Å². The molecule has 0 amide bonds. The SMILES string of the molecule is CCN1CCCC(NC(C)CCc2ccco2)C1. The Kier molecular flexibility index (Phi) is 5.26. The second-order valence-electron chi connectivity index (χ2n) is 5.42. The molecule has 1 aliphatic rings. The number of likely N-dealkylation sites (tertiary alicyclic amines) is 1. The summed E-state index contributed by atoms with van der Waals surface area (Å²) < 4.78 is 5.37. The van der Waals surface area contributed by atoms with E-state index in [1.807, 2.05) is 6.07 Å². The molecule has 2 heterocycles. The third-order valence-corrected chi connectivity index (χ3v) is 3.88. The van der Waals surface area contributed by atoms with Crippen LogP contribution in [-0.4, -0.2) is 36.6 Å². The molecule has 1 aromatic heterocycles. The van der Waals surface area contributed by atoms with Crippen molar-refractivity contribution in [3.63, 3.8) is 0 Å². The highest BCUT2D eigenvalue weighted by atomic mass is 16.3. The van der Waals surface area contributed by atoms with Gasteiger partial charge in [0.05, 0.1) is 6.26 Å². The minimum Gasteiger partial charge on any atom is -0.469 e. The number of hydrogen-bond acceptors (Lipinski definition) is 3. The van der Waals surface area contributed by atoms with Crippen LogP contribution in [0.5, 0.6) is 0 Å². The summed E-state index contributed by atoms with van der Waals surface area (Å²) in [6.45, 7) is 8.20. The lowest BCUT2D eigenvalue weighted by Crippen LogP contribution is -2.48. The van der Waals surface area contributed by atoms with Gasteiger partial charge in [0.1, 0.15) is 5.76 Å². The third-order valence-electron chi connectivity index (χ3n) is 3.88. The van der Waals surface area contributed by atoms with Crippen LogP contribution in [0.3, 0.4) is 0 Å². The fourth-order valence-electron chi connectivity index (χ4n) is 2.78. The van der Waals surface area contributed by atoms with E-state index in [1.54, 1.807) is 6.26 Å². The summed E-state index contributed by atoms with van der Waals surface area (Å²) in [6.07, 6.45) is 6.59. The van der Waals surface area contributed by atoms with E-state index in [1.165, 1.54) is 32.5 Å². The average Bonchev–Trinajstić information content (AvgIpc) is 2.90. The standard InChI is InChI=1S/C15H26N2O/c1-3-17-10-4-6-14(12-17)16-13(2)8-9-15-7-5-11-18-15/h5,7,11,13-14,16H,3-4,6,8-10,12H2,1-2H3. The highest BCUT2D eigenvalue weighted by Crippen LogP contribution is 2.12. The molecule has 2 unspecified atom stereocenters. The van der Waals surface area contributed by atoms with Crippen molar-refractivity contribution in [2.24, 2.45) is 0 Å². The van der Waals surface area contributed by atoms with Gasteiger partial charge in [0.2, 0.25) is 0 Å². The Bertz CT molecular complexity index is 323. The van der Waals surface area contributed by atoms with Gasteiger partial charge in [-0.15, -0.1) is 0 Å². The summed E-state index contributed by atoms with van der Waals surface area (Å²) in [7, 11) is 0. The van der Waals surface area contributed by atoms with Gasteiger partial charge in [-0.2, -0.15) is 0 Å². The first kappa shape index (κ1) is 13.6. The Morgan fingerprint density at radius 3 is 3.17 bits per heavy atom. The van der Waals surface area contributed by atoms with Crippen molar-refractivity contribution < 1.29 is 4.42 Å². The molecule has 18 heavy (non-hydrogen) atoms. The van der Waals surface area contributed by atoms with Gasteiger partial charge in [-0.25, -0.2) is 0 Å². The lowest BCUT2D eigenvalue weighted by atomic mass is 10.0. The van der Waals surface area contributed by atoms with E-state index in [-0.39, 0.29) is 0 Å². The quantitative estimate of drug-likeness (QED) is 0.841. The van der Waals surface area contributed by atoms with Crippen molar-refractivity contribution in [3.8, 4) is 0 Å². The van der Waals surface area contributed by atoms with Gasteiger partial charge in [0.15, 0.2) is 0 Å². The largest absolute Gasteiger partial charge is 0.469 e. The van der Waals surface area contributed by atoms with Crippen LogP contribution in [0, 0.1) is 0 Å². The van der Waals surface area contributed by atoms with E-state index in [0.29, 0.717) is 12.1 Å². The zero-order chi connectivity index (χ0) is 12.8. The molecule has 1 fully saturated rings. The van der Waals surface area contributed by atoms with Gasteiger partial charge < -0.3 is 14.6 Å². The van der Waals surface area contributed by atoms with Crippen LogP contribution in [0.15, 0.2) is 22.8 Å². The van der Waals surface area contributed by atoms with Gasteiger partial charge in [-0.1, -0.05) is 6.92 Å². The first-order valence-corrected chi connectivity index (χ1v) is 7.28. The molecule has 0 radical (unpaired) electrons. The first-order chi connectivity index (χ1) is 8.78. The molecule has 0 spiro atoms. The molecule has 1 N–H and O–H groups in total. The number of nitrogens with one attached hydrogen (secondary N) is 1. The summed E-state index contributed by atoms with van der Waals surface area (Å²) in [5, 5.41) is 3.76. The van der Waals surface area contributed by atoms with E-state index in [9.17, 15) is 0 Å². The molecule has 3 heteroatoms. The number of aryl methyl sites for hydroxylation is 1. The number of rotatable bonds is 6. The van der Waals surface area contributed by atoms with Crippen molar-refractivity contribution in [1.29, 1.82) is 0 Å².